The first-order valence-electron chi connectivity index (χ1n) is 6.53. The average Bonchev–Trinajstić information content (AvgIpc) is 2.40. The summed E-state index contributed by atoms with van der Waals surface area (Å²) >= 11 is 0. The van der Waals surface area contributed by atoms with Crippen LogP contribution in [0.15, 0.2) is 12.1 Å². The van der Waals surface area contributed by atoms with E-state index in [-0.39, 0.29) is 5.91 Å². The molecule has 4 nitrogen and oxygen atoms in total. The highest BCUT2D eigenvalue weighted by Crippen LogP contribution is 2.31. The second-order valence-electron chi connectivity index (χ2n) is 4.76. The fraction of sp³-hybridized carbons (Fsp3) is 0.533. The van der Waals surface area contributed by atoms with Gasteiger partial charge < -0.3 is 15.2 Å². The molecule has 0 aliphatic rings. The first kappa shape index (κ1) is 15.5. The molecule has 0 spiro atoms. The van der Waals surface area contributed by atoms with Crippen LogP contribution in [-0.4, -0.2) is 25.2 Å². The molecule has 2 N–H and O–H groups in total. The number of aliphatic hydroxyl groups is 1. The molecule has 0 fully saturated rings. The van der Waals surface area contributed by atoms with Crippen LogP contribution in [0.25, 0.3) is 0 Å². The number of amides is 1. The smallest absolute Gasteiger partial charge is 0.219 e. The standard InChI is InChI=1S/C15H23NO3/c1-10-8-12(14(19-4)9-11(10)2)13(17)6-5-7-15(18)16-3/h8-9,13,17H,5-7H2,1-4H3,(H,16,18). The zero-order valence-corrected chi connectivity index (χ0v) is 12.1. The summed E-state index contributed by atoms with van der Waals surface area (Å²) < 4.78 is 5.31. The summed E-state index contributed by atoms with van der Waals surface area (Å²) in [5, 5.41) is 12.8. The molecule has 1 aromatic rings. The third-order valence-electron chi connectivity index (χ3n) is 3.37. The first-order valence-corrected chi connectivity index (χ1v) is 6.53. The molecule has 1 aromatic carbocycles. The lowest BCUT2D eigenvalue weighted by molar-refractivity contribution is -0.120. The van der Waals surface area contributed by atoms with Gasteiger partial charge in [-0.25, -0.2) is 0 Å². The largest absolute Gasteiger partial charge is 0.496 e. The second kappa shape index (κ2) is 7.14. The quantitative estimate of drug-likeness (QED) is 0.829. The molecule has 0 bridgehead atoms. The number of benzene rings is 1. The van der Waals surface area contributed by atoms with Crippen LogP contribution in [0.3, 0.4) is 0 Å². The number of rotatable bonds is 6. The second-order valence-corrected chi connectivity index (χ2v) is 4.76. The Morgan fingerprint density at radius 3 is 2.58 bits per heavy atom. The zero-order chi connectivity index (χ0) is 14.4. The number of aliphatic hydroxyl groups excluding tert-OH is 1. The monoisotopic (exact) mass is 265 g/mol. The number of carbonyl (C=O) groups is 1. The van der Waals surface area contributed by atoms with E-state index in [1.807, 2.05) is 26.0 Å². The minimum absolute atomic E-state index is 0.000693. The maximum Gasteiger partial charge on any atom is 0.219 e. The fourth-order valence-corrected chi connectivity index (χ4v) is 1.99. The van der Waals surface area contributed by atoms with Crippen LogP contribution in [0.2, 0.25) is 0 Å². The van der Waals surface area contributed by atoms with Crippen LogP contribution in [0, 0.1) is 13.8 Å². The molecule has 1 amide bonds. The fourth-order valence-electron chi connectivity index (χ4n) is 1.99. The number of hydrogen-bond acceptors (Lipinski definition) is 3. The van der Waals surface area contributed by atoms with Gasteiger partial charge in [0.15, 0.2) is 0 Å². The summed E-state index contributed by atoms with van der Waals surface area (Å²) in [6, 6.07) is 3.89. The van der Waals surface area contributed by atoms with Crippen molar-refractivity contribution in [2.45, 2.75) is 39.2 Å². The van der Waals surface area contributed by atoms with Gasteiger partial charge in [-0.2, -0.15) is 0 Å². The molecule has 1 rings (SSSR count). The van der Waals surface area contributed by atoms with E-state index in [0.29, 0.717) is 25.0 Å². The number of aryl methyl sites for hydroxylation is 2. The van der Waals surface area contributed by atoms with Crippen molar-refractivity contribution in [3.8, 4) is 5.75 Å². The lowest BCUT2D eigenvalue weighted by atomic mass is 9.98. The molecule has 0 aromatic heterocycles. The van der Waals surface area contributed by atoms with Crippen molar-refractivity contribution in [3.05, 3.63) is 28.8 Å². The zero-order valence-electron chi connectivity index (χ0n) is 12.1. The van der Waals surface area contributed by atoms with E-state index in [1.165, 1.54) is 0 Å². The Morgan fingerprint density at radius 1 is 1.37 bits per heavy atom. The van der Waals surface area contributed by atoms with Gasteiger partial charge in [-0.1, -0.05) is 0 Å². The highest BCUT2D eigenvalue weighted by molar-refractivity contribution is 5.75. The van der Waals surface area contributed by atoms with E-state index in [9.17, 15) is 9.90 Å². The van der Waals surface area contributed by atoms with Crippen LogP contribution in [0.4, 0.5) is 0 Å². The lowest BCUT2D eigenvalue weighted by Gasteiger charge is -2.16. The Hall–Kier alpha value is -1.55. The van der Waals surface area contributed by atoms with Gasteiger partial charge in [0.1, 0.15) is 5.75 Å². The summed E-state index contributed by atoms with van der Waals surface area (Å²) in [5.41, 5.74) is 3.06. The van der Waals surface area contributed by atoms with Crippen LogP contribution >= 0.6 is 0 Å². The molecule has 0 saturated heterocycles. The molecule has 0 saturated carbocycles. The Kier molecular flexibility index (Phi) is 5.83. The summed E-state index contributed by atoms with van der Waals surface area (Å²) in [4.78, 5) is 11.1. The molecule has 0 aliphatic heterocycles. The highest BCUT2D eigenvalue weighted by Gasteiger charge is 2.15. The SMILES string of the molecule is CNC(=O)CCCC(O)c1cc(C)c(C)cc1OC. The summed E-state index contributed by atoms with van der Waals surface area (Å²) in [6.07, 6.45) is 1.03. The number of hydrogen-bond donors (Lipinski definition) is 2. The summed E-state index contributed by atoms with van der Waals surface area (Å²) in [7, 11) is 3.22. The predicted molar refractivity (Wildman–Crippen MR) is 75.3 cm³/mol. The Labute approximate surface area is 114 Å². The molecule has 106 valence electrons. The molecule has 0 heterocycles. The van der Waals surface area contributed by atoms with Gasteiger partial charge in [0.05, 0.1) is 13.2 Å². The molecule has 0 aliphatic carbocycles. The number of carbonyl (C=O) groups excluding carboxylic acids is 1. The Morgan fingerprint density at radius 2 is 2.00 bits per heavy atom. The molecular formula is C15H23NO3. The minimum atomic E-state index is -0.598. The van der Waals surface area contributed by atoms with E-state index in [2.05, 4.69) is 5.32 Å². The number of ether oxygens (including phenoxy) is 1. The van der Waals surface area contributed by atoms with Crippen LogP contribution in [0.1, 0.15) is 42.1 Å². The van der Waals surface area contributed by atoms with Crippen molar-refractivity contribution in [1.82, 2.24) is 5.32 Å². The molecular weight excluding hydrogens is 242 g/mol. The van der Waals surface area contributed by atoms with Crippen molar-refractivity contribution in [1.29, 1.82) is 0 Å². The van der Waals surface area contributed by atoms with Crippen molar-refractivity contribution >= 4 is 5.91 Å². The lowest BCUT2D eigenvalue weighted by Crippen LogP contribution is -2.17. The number of nitrogens with one attached hydrogen (secondary N) is 1. The maximum atomic E-state index is 11.1. The van der Waals surface area contributed by atoms with Crippen LogP contribution in [0.5, 0.6) is 5.75 Å². The van der Waals surface area contributed by atoms with E-state index in [0.717, 1.165) is 16.7 Å². The molecule has 19 heavy (non-hydrogen) atoms. The Bertz CT molecular complexity index is 443. The maximum absolute atomic E-state index is 11.1. The summed E-state index contributed by atoms with van der Waals surface area (Å²) in [6.45, 7) is 4.02. The van der Waals surface area contributed by atoms with Gasteiger partial charge in [-0.05, 0) is 49.9 Å². The average molecular weight is 265 g/mol. The molecule has 4 heteroatoms. The van der Waals surface area contributed by atoms with E-state index in [1.54, 1.807) is 14.2 Å². The normalized spacial score (nSPS) is 12.1. The van der Waals surface area contributed by atoms with Crippen LogP contribution in [-0.2, 0) is 4.79 Å². The van der Waals surface area contributed by atoms with Crippen molar-refractivity contribution in [3.63, 3.8) is 0 Å². The molecule has 0 radical (unpaired) electrons. The number of methoxy groups -OCH3 is 1. The third kappa shape index (κ3) is 4.24. The van der Waals surface area contributed by atoms with Gasteiger partial charge >= 0.3 is 0 Å². The van der Waals surface area contributed by atoms with E-state index >= 15 is 0 Å². The Balaban J connectivity index is 2.73. The molecule has 1 unspecified atom stereocenters. The van der Waals surface area contributed by atoms with Crippen LogP contribution < -0.4 is 10.1 Å². The van der Waals surface area contributed by atoms with Gasteiger partial charge in [0, 0.05) is 19.0 Å². The van der Waals surface area contributed by atoms with Gasteiger partial charge in [-0.3, -0.25) is 4.79 Å². The van der Waals surface area contributed by atoms with Gasteiger partial charge in [0.2, 0.25) is 5.91 Å². The van der Waals surface area contributed by atoms with Gasteiger partial charge in [-0.15, -0.1) is 0 Å². The minimum Gasteiger partial charge on any atom is -0.496 e. The van der Waals surface area contributed by atoms with E-state index < -0.39 is 6.10 Å². The first-order chi connectivity index (χ1) is 8.99. The predicted octanol–water partition coefficient (Wildman–Crippen LogP) is 2.26. The van der Waals surface area contributed by atoms with Crippen molar-refractivity contribution in [2.75, 3.05) is 14.2 Å². The third-order valence-corrected chi connectivity index (χ3v) is 3.37. The van der Waals surface area contributed by atoms with Gasteiger partial charge in [0.25, 0.3) is 0 Å². The van der Waals surface area contributed by atoms with E-state index in [4.69, 9.17) is 4.74 Å². The summed E-state index contributed by atoms with van der Waals surface area (Å²) in [5.74, 6) is 0.704. The topological polar surface area (TPSA) is 58.6 Å². The van der Waals surface area contributed by atoms with Crippen molar-refractivity contribution in [2.24, 2.45) is 0 Å². The van der Waals surface area contributed by atoms with Crippen molar-refractivity contribution < 1.29 is 14.6 Å². The molecule has 1 atom stereocenters. The highest BCUT2D eigenvalue weighted by atomic mass is 16.5.